The molecule has 0 bridgehead atoms. The van der Waals surface area contributed by atoms with E-state index < -0.39 is 58.1 Å². The van der Waals surface area contributed by atoms with E-state index in [0.717, 1.165) is 18.3 Å². The number of nitrogens with zero attached hydrogens (tertiary/aromatic N) is 2. The lowest BCUT2D eigenvalue weighted by atomic mass is 9.81. The van der Waals surface area contributed by atoms with Crippen LogP contribution in [0.3, 0.4) is 0 Å². The average Bonchev–Trinajstić information content (AvgIpc) is 3.17. The number of primary amides is 1. The van der Waals surface area contributed by atoms with Gasteiger partial charge >= 0.3 is 0 Å². The van der Waals surface area contributed by atoms with Crippen molar-refractivity contribution in [2.24, 2.45) is 5.73 Å². The highest BCUT2D eigenvalue weighted by atomic mass is 19.1. The number of methoxy groups -OCH3 is 1. The molecular formula is C26H23F2N3O6. The van der Waals surface area contributed by atoms with Crippen molar-refractivity contribution in [3.8, 4) is 5.75 Å². The minimum atomic E-state index is -1.35. The third-order valence-electron chi connectivity index (χ3n) is 6.90. The minimum absolute atomic E-state index is 0.0374. The summed E-state index contributed by atoms with van der Waals surface area (Å²) in [5.41, 5.74) is 2.85. The molecule has 2 aliphatic heterocycles. The molecule has 3 atom stereocenters. The van der Waals surface area contributed by atoms with E-state index in [2.05, 4.69) is 0 Å². The van der Waals surface area contributed by atoms with E-state index >= 15 is 0 Å². The van der Waals surface area contributed by atoms with E-state index in [-0.39, 0.29) is 30.8 Å². The van der Waals surface area contributed by atoms with Gasteiger partial charge in [-0.25, -0.2) is 8.78 Å². The monoisotopic (exact) mass is 511 g/mol. The predicted octanol–water partition coefficient (Wildman–Crippen LogP) is 1.90. The molecule has 9 nitrogen and oxygen atoms in total. The van der Waals surface area contributed by atoms with Gasteiger partial charge in [-0.15, -0.1) is 0 Å². The van der Waals surface area contributed by atoms with Gasteiger partial charge in [-0.05, 0) is 17.2 Å². The number of benzene rings is 2. The van der Waals surface area contributed by atoms with Crippen LogP contribution in [-0.4, -0.2) is 52.4 Å². The van der Waals surface area contributed by atoms with Gasteiger partial charge in [0.15, 0.2) is 17.7 Å². The van der Waals surface area contributed by atoms with E-state index in [9.17, 15) is 28.3 Å². The van der Waals surface area contributed by atoms with Gasteiger partial charge in [0, 0.05) is 25.8 Å². The third-order valence-corrected chi connectivity index (χ3v) is 6.90. The first kappa shape index (κ1) is 24.6. The SMILES string of the molecule is COCC1N2C(=O)c3c(O)c(=O)c(C(N)=O)cn3CC2OC1(Cc1ccc(F)cc1F)c1ccccc1. The number of hydrogen-bond acceptors (Lipinski definition) is 6. The number of carbonyl (C=O) groups is 2. The first-order valence-electron chi connectivity index (χ1n) is 11.4. The standard InChI is InChI=1S/C26H23F2N3O6/c1-36-13-19-26(15-5-3-2-4-6-15,10-14-7-8-16(27)9-18(14)28)37-20-12-30-11-17(24(29)34)22(32)23(33)21(30)25(35)31(19)20/h2-9,11,19-20,33H,10,12-13H2,1H3,(H2,29,34). The van der Waals surface area contributed by atoms with Crippen molar-refractivity contribution < 1.29 is 33.0 Å². The van der Waals surface area contributed by atoms with Crippen LogP contribution in [-0.2, 0) is 28.0 Å². The number of rotatable bonds is 6. The summed E-state index contributed by atoms with van der Waals surface area (Å²) in [5.74, 6) is -4.20. The minimum Gasteiger partial charge on any atom is -0.503 e. The number of amides is 2. The van der Waals surface area contributed by atoms with E-state index in [1.54, 1.807) is 30.3 Å². The summed E-state index contributed by atoms with van der Waals surface area (Å²) in [6, 6.07) is 11.3. The largest absolute Gasteiger partial charge is 0.503 e. The van der Waals surface area contributed by atoms with Crippen LogP contribution in [0.5, 0.6) is 5.75 Å². The second-order valence-corrected chi connectivity index (χ2v) is 9.01. The smallest absolute Gasteiger partial charge is 0.277 e. The molecule has 1 saturated heterocycles. The highest BCUT2D eigenvalue weighted by molar-refractivity contribution is 5.99. The summed E-state index contributed by atoms with van der Waals surface area (Å²) in [4.78, 5) is 39.4. The molecule has 0 spiro atoms. The molecular weight excluding hydrogens is 488 g/mol. The molecule has 5 rings (SSSR count). The summed E-state index contributed by atoms with van der Waals surface area (Å²) >= 11 is 0. The zero-order valence-electron chi connectivity index (χ0n) is 19.7. The van der Waals surface area contributed by atoms with Crippen LogP contribution in [0.4, 0.5) is 8.78 Å². The van der Waals surface area contributed by atoms with Gasteiger partial charge in [-0.1, -0.05) is 36.4 Å². The number of fused-ring (bicyclic) bond motifs is 2. The molecule has 0 aliphatic carbocycles. The molecule has 0 radical (unpaired) electrons. The van der Waals surface area contributed by atoms with Crippen molar-refractivity contribution in [1.29, 1.82) is 0 Å². The van der Waals surface area contributed by atoms with Crippen molar-refractivity contribution >= 4 is 11.8 Å². The Hall–Kier alpha value is -4.09. The lowest BCUT2D eigenvalue weighted by molar-refractivity contribution is -0.0737. The normalized spacial score (nSPS) is 22.6. The van der Waals surface area contributed by atoms with Crippen LogP contribution in [0, 0.1) is 11.6 Å². The lowest BCUT2D eigenvalue weighted by Gasteiger charge is -2.37. The van der Waals surface area contributed by atoms with E-state index in [1.807, 2.05) is 0 Å². The molecule has 2 amide bonds. The second-order valence-electron chi connectivity index (χ2n) is 9.01. The Bertz CT molecular complexity index is 1460. The Kier molecular flexibility index (Phi) is 6.04. The molecule has 3 heterocycles. The number of aromatic hydroxyl groups is 1. The van der Waals surface area contributed by atoms with Gasteiger partial charge < -0.3 is 29.8 Å². The summed E-state index contributed by atoms with van der Waals surface area (Å²) in [6.45, 7) is -0.0970. The second kappa shape index (κ2) is 9.09. The number of hydrogen-bond donors (Lipinski definition) is 2. The summed E-state index contributed by atoms with van der Waals surface area (Å²) in [6.07, 6.45) is 0.0988. The Morgan fingerprint density at radius 3 is 2.59 bits per heavy atom. The number of halogens is 2. The zero-order valence-corrected chi connectivity index (χ0v) is 19.7. The molecule has 2 aliphatic rings. The summed E-state index contributed by atoms with van der Waals surface area (Å²) in [7, 11) is 1.44. The van der Waals surface area contributed by atoms with Crippen molar-refractivity contribution in [3.05, 3.63) is 99.0 Å². The van der Waals surface area contributed by atoms with Crippen molar-refractivity contribution in [1.82, 2.24) is 9.47 Å². The van der Waals surface area contributed by atoms with Gasteiger partial charge in [-0.3, -0.25) is 14.4 Å². The van der Waals surface area contributed by atoms with E-state index in [0.29, 0.717) is 5.56 Å². The first-order valence-corrected chi connectivity index (χ1v) is 11.4. The fourth-order valence-corrected chi connectivity index (χ4v) is 5.25. The Morgan fingerprint density at radius 1 is 1.22 bits per heavy atom. The maximum absolute atomic E-state index is 14.9. The molecule has 1 fully saturated rings. The molecule has 11 heteroatoms. The first-order chi connectivity index (χ1) is 17.7. The van der Waals surface area contributed by atoms with Crippen molar-refractivity contribution in [2.75, 3.05) is 13.7 Å². The molecule has 1 aromatic heterocycles. The third kappa shape index (κ3) is 3.87. The topological polar surface area (TPSA) is 124 Å². The van der Waals surface area contributed by atoms with Gasteiger partial charge in [0.2, 0.25) is 5.43 Å². The Morgan fingerprint density at radius 2 is 1.95 bits per heavy atom. The molecule has 3 N–H and O–H groups in total. The van der Waals surface area contributed by atoms with Crippen LogP contribution >= 0.6 is 0 Å². The fourth-order valence-electron chi connectivity index (χ4n) is 5.25. The number of aromatic nitrogens is 1. The number of carbonyl (C=O) groups excluding carboxylic acids is 2. The summed E-state index contributed by atoms with van der Waals surface area (Å²) < 4.78 is 41.8. The van der Waals surface area contributed by atoms with Crippen LogP contribution in [0.2, 0.25) is 0 Å². The molecule has 3 aromatic rings. The van der Waals surface area contributed by atoms with Crippen LogP contribution in [0.1, 0.15) is 32.0 Å². The molecule has 2 aromatic carbocycles. The van der Waals surface area contributed by atoms with Gasteiger partial charge in [0.1, 0.15) is 22.8 Å². The highest BCUT2D eigenvalue weighted by Crippen LogP contribution is 2.46. The number of pyridine rings is 1. The molecule has 3 unspecified atom stereocenters. The van der Waals surface area contributed by atoms with E-state index in [4.69, 9.17) is 15.2 Å². The maximum atomic E-state index is 14.9. The maximum Gasteiger partial charge on any atom is 0.277 e. The molecule has 192 valence electrons. The highest BCUT2D eigenvalue weighted by Gasteiger charge is 2.58. The lowest BCUT2D eigenvalue weighted by Crippen LogP contribution is -2.53. The van der Waals surface area contributed by atoms with Gasteiger partial charge in [-0.2, -0.15) is 0 Å². The van der Waals surface area contributed by atoms with Crippen LogP contribution < -0.4 is 11.2 Å². The molecule has 0 saturated carbocycles. The predicted molar refractivity (Wildman–Crippen MR) is 126 cm³/mol. The van der Waals surface area contributed by atoms with Crippen molar-refractivity contribution in [3.63, 3.8) is 0 Å². The Labute approximate surface area is 209 Å². The summed E-state index contributed by atoms with van der Waals surface area (Å²) in [5, 5.41) is 10.6. The van der Waals surface area contributed by atoms with Gasteiger partial charge in [0.05, 0.1) is 19.2 Å². The fraction of sp³-hybridized carbons (Fsp3) is 0.269. The van der Waals surface area contributed by atoms with Crippen LogP contribution in [0.25, 0.3) is 0 Å². The zero-order chi connectivity index (χ0) is 26.5. The average molecular weight is 511 g/mol. The quantitative estimate of drug-likeness (QED) is 0.521. The van der Waals surface area contributed by atoms with Gasteiger partial charge in [0.25, 0.3) is 11.8 Å². The Balaban J connectivity index is 1.68. The van der Waals surface area contributed by atoms with E-state index in [1.165, 1.54) is 22.6 Å². The number of ether oxygens (including phenoxy) is 2. The molecule has 37 heavy (non-hydrogen) atoms. The number of nitrogens with two attached hydrogens (primary N) is 1. The van der Waals surface area contributed by atoms with Crippen LogP contribution in [0.15, 0.2) is 59.5 Å². The van der Waals surface area contributed by atoms with Crippen molar-refractivity contribution in [2.45, 2.75) is 30.8 Å².